The molecule has 2 N–H and O–H groups in total. The van der Waals surface area contributed by atoms with E-state index in [0.29, 0.717) is 22.4 Å². The van der Waals surface area contributed by atoms with Gasteiger partial charge in [-0.3, -0.25) is 4.31 Å². The average molecular weight is 514 g/mol. The third-order valence-electron chi connectivity index (χ3n) is 6.60. The van der Waals surface area contributed by atoms with E-state index < -0.39 is 21.9 Å². The molecule has 2 heterocycles. The van der Waals surface area contributed by atoms with Crippen molar-refractivity contribution in [1.29, 1.82) is 5.26 Å². The van der Waals surface area contributed by atoms with Gasteiger partial charge in [0.1, 0.15) is 16.5 Å². The molecule has 2 aliphatic rings. The van der Waals surface area contributed by atoms with E-state index in [1.165, 1.54) is 23.5 Å². The van der Waals surface area contributed by atoms with Crippen molar-refractivity contribution in [3.63, 3.8) is 0 Å². The number of esters is 1. The van der Waals surface area contributed by atoms with Crippen LogP contribution in [0.15, 0.2) is 89.2 Å². The summed E-state index contributed by atoms with van der Waals surface area (Å²) in [6, 6.07) is 22.9. The Bertz CT molecular complexity index is 1630. The van der Waals surface area contributed by atoms with Gasteiger partial charge in [0, 0.05) is 5.56 Å². The number of fused-ring (bicyclic) bond motifs is 2. The first-order chi connectivity index (χ1) is 17.8. The molecule has 0 saturated heterocycles. The molecular formula is C28H23N3O5S. The number of anilines is 1. The molecule has 0 spiro atoms. The molecule has 5 rings (SSSR count). The van der Waals surface area contributed by atoms with Crippen LogP contribution in [0.5, 0.6) is 0 Å². The van der Waals surface area contributed by atoms with Crippen molar-refractivity contribution in [2.75, 3.05) is 11.4 Å². The van der Waals surface area contributed by atoms with Gasteiger partial charge < -0.3 is 15.2 Å². The molecule has 37 heavy (non-hydrogen) atoms. The predicted molar refractivity (Wildman–Crippen MR) is 138 cm³/mol. The average Bonchev–Trinajstić information content (AvgIpc) is 2.91. The van der Waals surface area contributed by atoms with E-state index in [1.54, 1.807) is 36.4 Å². The Morgan fingerprint density at radius 3 is 2.43 bits per heavy atom. The summed E-state index contributed by atoms with van der Waals surface area (Å²) in [4.78, 5) is 11.9. The van der Waals surface area contributed by atoms with Crippen LogP contribution in [0.2, 0.25) is 0 Å². The summed E-state index contributed by atoms with van der Waals surface area (Å²) in [5.74, 6) is -1.63. The lowest BCUT2D eigenvalue weighted by atomic mass is 9.88. The molecule has 1 atom stereocenters. The first-order valence-electron chi connectivity index (χ1n) is 11.4. The monoisotopic (exact) mass is 513 g/mol. The zero-order valence-corrected chi connectivity index (χ0v) is 21.0. The molecule has 0 fully saturated rings. The normalized spacial score (nSPS) is 17.9. The number of carbonyl (C=O) groups is 1. The number of nitrogens with zero attached hydrogens (tertiary/aromatic N) is 2. The second-order valence-corrected chi connectivity index (χ2v) is 10.5. The van der Waals surface area contributed by atoms with Crippen molar-refractivity contribution in [2.24, 2.45) is 5.73 Å². The van der Waals surface area contributed by atoms with Crippen molar-refractivity contribution >= 4 is 27.4 Å². The van der Waals surface area contributed by atoms with Crippen LogP contribution in [0.1, 0.15) is 38.5 Å². The fraction of sp³-hybridized carbons (Fsp3) is 0.143. The number of allylic oxidation sites excluding steroid dienone is 2. The summed E-state index contributed by atoms with van der Waals surface area (Å²) < 4.78 is 40.6. The minimum atomic E-state index is -4.19. The number of rotatable bonds is 4. The second kappa shape index (κ2) is 9.15. The van der Waals surface area contributed by atoms with Gasteiger partial charge >= 0.3 is 5.97 Å². The topological polar surface area (TPSA) is 123 Å². The maximum absolute atomic E-state index is 14.3. The summed E-state index contributed by atoms with van der Waals surface area (Å²) in [6.07, 6.45) is 0. The number of hydrogen-bond donors (Lipinski definition) is 1. The SMILES string of the molecule is COC(=O)c1ccc(C2C(C#N)=C(N)OC3=C2S(=O)(=O)N(Cc2ccccc2C)c2ccccc23)cc1. The van der Waals surface area contributed by atoms with Crippen LogP contribution in [0.25, 0.3) is 5.76 Å². The maximum atomic E-state index is 14.3. The standard InChI is InChI=1S/C28H23N3O5S/c1-17-7-3-4-8-20(17)16-31-23-10-6-5-9-21(23)25-26(37(31,33)34)24(22(15-29)27(30)36-25)18-11-13-19(14-12-18)28(32)35-2/h3-14,24H,16,30H2,1-2H3. The number of methoxy groups -OCH3 is 1. The molecule has 9 heteroatoms. The quantitative estimate of drug-likeness (QED) is 0.516. The molecule has 0 radical (unpaired) electrons. The van der Waals surface area contributed by atoms with Gasteiger partial charge in [0.2, 0.25) is 5.88 Å². The fourth-order valence-corrected chi connectivity index (χ4v) is 6.59. The molecule has 2 aliphatic heterocycles. The highest BCUT2D eigenvalue weighted by Crippen LogP contribution is 2.51. The molecule has 0 aromatic heterocycles. The third kappa shape index (κ3) is 3.92. The van der Waals surface area contributed by atoms with Crippen molar-refractivity contribution in [2.45, 2.75) is 19.4 Å². The highest BCUT2D eigenvalue weighted by Gasteiger charge is 2.47. The highest BCUT2D eigenvalue weighted by molar-refractivity contribution is 7.96. The number of hydrogen-bond acceptors (Lipinski definition) is 7. The summed E-state index contributed by atoms with van der Waals surface area (Å²) >= 11 is 0. The zero-order chi connectivity index (χ0) is 26.3. The number of ether oxygens (including phenoxy) is 2. The number of nitrogens with two attached hydrogens (primary N) is 1. The molecule has 0 amide bonds. The van der Waals surface area contributed by atoms with Gasteiger partial charge in [-0.1, -0.05) is 48.5 Å². The third-order valence-corrected chi connectivity index (χ3v) is 8.48. The van der Waals surface area contributed by atoms with E-state index in [4.69, 9.17) is 15.2 Å². The molecule has 1 unspecified atom stereocenters. The zero-order valence-electron chi connectivity index (χ0n) is 20.1. The number of aryl methyl sites for hydroxylation is 1. The first-order valence-corrected chi connectivity index (χ1v) is 12.9. The van der Waals surface area contributed by atoms with Crippen molar-refractivity contribution in [3.8, 4) is 6.07 Å². The smallest absolute Gasteiger partial charge is 0.337 e. The number of sulfonamides is 1. The van der Waals surface area contributed by atoms with Crippen LogP contribution in [0.3, 0.4) is 0 Å². The minimum absolute atomic E-state index is 0.0247. The minimum Gasteiger partial charge on any atom is -0.465 e. The van der Waals surface area contributed by atoms with Crippen LogP contribution >= 0.6 is 0 Å². The molecule has 0 saturated carbocycles. The number of carbonyl (C=O) groups excluding carboxylic acids is 1. The molecule has 0 bridgehead atoms. The van der Waals surface area contributed by atoms with Gasteiger partial charge in [0.15, 0.2) is 5.76 Å². The summed E-state index contributed by atoms with van der Waals surface area (Å²) in [6.45, 7) is 2.02. The van der Waals surface area contributed by atoms with E-state index in [1.807, 2.05) is 37.3 Å². The predicted octanol–water partition coefficient (Wildman–Crippen LogP) is 4.31. The van der Waals surface area contributed by atoms with Gasteiger partial charge in [0.05, 0.1) is 30.8 Å². The number of para-hydroxylation sites is 1. The Labute approximate surface area is 214 Å². The Hall–Kier alpha value is -4.55. The Morgan fingerprint density at radius 2 is 1.76 bits per heavy atom. The van der Waals surface area contributed by atoms with Gasteiger partial charge in [-0.05, 0) is 47.9 Å². The Morgan fingerprint density at radius 1 is 1.08 bits per heavy atom. The van der Waals surface area contributed by atoms with Gasteiger partial charge in [0.25, 0.3) is 10.0 Å². The van der Waals surface area contributed by atoms with Crippen molar-refractivity contribution in [3.05, 3.63) is 117 Å². The lowest BCUT2D eigenvalue weighted by molar-refractivity contribution is 0.0600. The lowest BCUT2D eigenvalue weighted by Gasteiger charge is -2.38. The van der Waals surface area contributed by atoms with Crippen molar-refractivity contribution in [1.82, 2.24) is 0 Å². The van der Waals surface area contributed by atoms with E-state index >= 15 is 0 Å². The van der Waals surface area contributed by atoms with E-state index in [0.717, 1.165) is 11.1 Å². The molecule has 186 valence electrons. The van der Waals surface area contributed by atoms with Crippen LogP contribution < -0.4 is 10.0 Å². The molecular weight excluding hydrogens is 490 g/mol. The van der Waals surface area contributed by atoms with Gasteiger partial charge in [-0.25, -0.2) is 13.2 Å². The summed E-state index contributed by atoms with van der Waals surface area (Å²) in [5.41, 5.74) is 9.71. The maximum Gasteiger partial charge on any atom is 0.337 e. The van der Waals surface area contributed by atoms with E-state index in [9.17, 15) is 18.5 Å². The Balaban J connectivity index is 1.73. The summed E-state index contributed by atoms with van der Waals surface area (Å²) in [7, 11) is -2.92. The first kappa shape index (κ1) is 24.2. The van der Waals surface area contributed by atoms with Crippen LogP contribution in [0, 0.1) is 18.3 Å². The molecule has 8 nitrogen and oxygen atoms in total. The summed E-state index contributed by atoms with van der Waals surface area (Å²) in [5, 5.41) is 9.99. The second-order valence-electron chi connectivity index (χ2n) is 8.69. The number of benzene rings is 3. The fourth-order valence-electron chi connectivity index (χ4n) is 4.68. The van der Waals surface area contributed by atoms with Crippen LogP contribution in [0.4, 0.5) is 5.69 Å². The van der Waals surface area contributed by atoms with Crippen molar-refractivity contribution < 1.29 is 22.7 Å². The Kier molecular flexibility index (Phi) is 5.97. The van der Waals surface area contributed by atoms with Crippen LogP contribution in [-0.4, -0.2) is 21.5 Å². The largest absolute Gasteiger partial charge is 0.465 e. The lowest BCUT2D eigenvalue weighted by Crippen LogP contribution is -2.39. The molecule has 3 aromatic carbocycles. The number of nitriles is 1. The van der Waals surface area contributed by atoms with Crippen LogP contribution in [-0.2, 0) is 26.0 Å². The van der Waals surface area contributed by atoms with E-state index in [-0.39, 0.29) is 28.7 Å². The van der Waals surface area contributed by atoms with E-state index in [2.05, 4.69) is 0 Å². The molecule has 0 aliphatic carbocycles. The highest BCUT2D eigenvalue weighted by atomic mass is 32.2. The van der Waals surface area contributed by atoms with Gasteiger partial charge in [-0.15, -0.1) is 0 Å². The molecule has 3 aromatic rings. The van der Waals surface area contributed by atoms with Gasteiger partial charge in [-0.2, -0.15) is 5.26 Å².